The van der Waals surface area contributed by atoms with Gasteiger partial charge in [-0.15, -0.1) is 0 Å². The van der Waals surface area contributed by atoms with Gasteiger partial charge in [0, 0.05) is 11.6 Å². The highest BCUT2D eigenvalue weighted by Gasteiger charge is 2.16. The number of alkyl halides is 1. The maximum absolute atomic E-state index is 5.45. The lowest BCUT2D eigenvalue weighted by atomic mass is 10.0. The van der Waals surface area contributed by atoms with Crippen molar-refractivity contribution >= 4 is 15.9 Å². The Kier molecular flexibility index (Phi) is 4.90. The molecule has 20 heavy (non-hydrogen) atoms. The van der Waals surface area contributed by atoms with Gasteiger partial charge in [0.05, 0.1) is 26.2 Å². The molecule has 106 valence electrons. The van der Waals surface area contributed by atoms with Crippen LogP contribution in [0.5, 0.6) is 17.2 Å². The van der Waals surface area contributed by atoms with Crippen molar-refractivity contribution in [3.63, 3.8) is 0 Å². The molecule has 0 N–H and O–H groups in total. The highest BCUT2D eigenvalue weighted by atomic mass is 79.9. The van der Waals surface area contributed by atoms with Crippen molar-refractivity contribution in [3.8, 4) is 17.2 Å². The number of benzene rings is 2. The van der Waals surface area contributed by atoms with Crippen LogP contribution in [0.2, 0.25) is 0 Å². The van der Waals surface area contributed by atoms with Crippen molar-refractivity contribution in [1.82, 2.24) is 0 Å². The maximum atomic E-state index is 5.45. The van der Waals surface area contributed by atoms with Gasteiger partial charge in [-0.2, -0.15) is 0 Å². The third-order valence-electron chi connectivity index (χ3n) is 3.10. The molecule has 0 radical (unpaired) electrons. The molecule has 2 aromatic rings. The van der Waals surface area contributed by atoms with Gasteiger partial charge < -0.3 is 14.2 Å². The molecular formula is C16H17BrO3. The van der Waals surface area contributed by atoms with Crippen molar-refractivity contribution in [1.29, 1.82) is 0 Å². The van der Waals surface area contributed by atoms with Crippen molar-refractivity contribution in [2.24, 2.45) is 0 Å². The summed E-state index contributed by atoms with van der Waals surface area (Å²) in [7, 11) is 4.96. The fraction of sp³-hybridized carbons (Fsp3) is 0.250. The molecule has 0 aliphatic carbocycles. The van der Waals surface area contributed by atoms with Gasteiger partial charge >= 0.3 is 0 Å². The van der Waals surface area contributed by atoms with E-state index in [1.807, 2.05) is 42.5 Å². The molecule has 1 unspecified atom stereocenters. The van der Waals surface area contributed by atoms with Crippen LogP contribution < -0.4 is 14.2 Å². The first-order chi connectivity index (χ1) is 9.69. The zero-order chi connectivity index (χ0) is 14.5. The van der Waals surface area contributed by atoms with E-state index in [2.05, 4.69) is 15.9 Å². The molecule has 0 fully saturated rings. The molecule has 4 heteroatoms. The van der Waals surface area contributed by atoms with Crippen molar-refractivity contribution in [3.05, 3.63) is 53.6 Å². The van der Waals surface area contributed by atoms with Crippen molar-refractivity contribution in [2.75, 3.05) is 21.3 Å². The second-order valence-electron chi connectivity index (χ2n) is 4.25. The number of methoxy groups -OCH3 is 3. The minimum atomic E-state index is 0.0263. The molecule has 0 aliphatic rings. The van der Waals surface area contributed by atoms with Crippen LogP contribution in [0.3, 0.4) is 0 Å². The van der Waals surface area contributed by atoms with Gasteiger partial charge in [-0.25, -0.2) is 0 Å². The van der Waals surface area contributed by atoms with E-state index in [1.165, 1.54) is 0 Å². The standard InChI is InChI=1S/C16H17BrO3/c1-18-12-6-4-5-11(9-12)16(17)14-8-7-13(19-2)10-15(14)20-3/h4-10,16H,1-3H3. The summed E-state index contributed by atoms with van der Waals surface area (Å²) in [6.07, 6.45) is 0. The summed E-state index contributed by atoms with van der Waals surface area (Å²) in [5.41, 5.74) is 2.15. The molecule has 3 nitrogen and oxygen atoms in total. The first-order valence-electron chi connectivity index (χ1n) is 6.19. The average molecular weight is 337 g/mol. The van der Waals surface area contributed by atoms with Crippen LogP contribution >= 0.6 is 15.9 Å². The summed E-state index contributed by atoms with van der Waals surface area (Å²) in [6.45, 7) is 0. The highest BCUT2D eigenvalue weighted by molar-refractivity contribution is 9.09. The molecule has 0 saturated carbocycles. The zero-order valence-corrected chi connectivity index (χ0v) is 13.3. The van der Waals surface area contributed by atoms with Crippen LogP contribution in [0, 0.1) is 0 Å². The Bertz CT molecular complexity index is 584. The molecule has 2 aromatic carbocycles. The molecule has 0 bridgehead atoms. The summed E-state index contributed by atoms with van der Waals surface area (Å²) in [5, 5.41) is 0. The van der Waals surface area contributed by atoms with Crippen LogP contribution in [-0.2, 0) is 0 Å². The molecule has 2 rings (SSSR count). The number of ether oxygens (including phenoxy) is 3. The molecule has 0 aliphatic heterocycles. The number of hydrogen-bond donors (Lipinski definition) is 0. The summed E-state index contributed by atoms with van der Waals surface area (Å²) >= 11 is 3.72. The van der Waals surface area contributed by atoms with Gasteiger partial charge in [-0.1, -0.05) is 34.1 Å². The second-order valence-corrected chi connectivity index (χ2v) is 5.16. The van der Waals surface area contributed by atoms with Crippen LogP contribution in [-0.4, -0.2) is 21.3 Å². The first-order valence-corrected chi connectivity index (χ1v) is 7.11. The number of halogens is 1. The Morgan fingerprint density at radius 1 is 0.850 bits per heavy atom. The van der Waals surface area contributed by atoms with Gasteiger partial charge in [0.25, 0.3) is 0 Å². The van der Waals surface area contributed by atoms with Gasteiger partial charge in [-0.3, -0.25) is 0 Å². The Balaban J connectivity index is 2.39. The topological polar surface area (TPSA) is 27.7 Å². The van der Waals surface area contributed by atoms with Gasteiger partial charge in [0.1, 0.15) is 17.2 Å². The normalized spacial score (nSPS) is 11.8. The Morgan fingerprint density at radius 3 is 2.20 bits per heavy atom. The van der Waals surface area contributed by atoms with E-state index >= 15 is 0 Å². The highest BCUT2D eigenvalue weighted by Crippen LogP contribution is 2.39. The van der Waals surface area contributed by atoms with E-state index in [0.717, 1.165) is 28.4 Å². The van der Waals surface area contributed by atoms with Crippen molar-refractivity contribution in [2.45, 2.75) is 4.83 Å². The minimum absolute atomic E-state index is 0.0263. The largest absolute Gasteiger partial charge is 0.497 e. The smallest absolute Gasteiger partial charge is 0.127 e. The van der Waals surface area contributed by atoms with Crippen LogP contribution in [0.25, 0.3) is 0 Å². The Hall–Kier alpha value is -1.68. The predicted octanol–water partition coefficient (Wildman–Crippen LogP) is 4.20. The fourth-order valence-electron chi connectivity index (χ4n) is 2.01. The Morgan fingerprint density at radius 2 is 1.55 bits per heavy atom. The molecule has 0 saturated heterocycles. The lowest BCUT2D eigenvalue weighted by molar-refractivity contribution is 0.391. The zero-order valence-electron chi connectivity index (χ0n) is 11.7. The summed E-state index contributed by atoms with van der Waals surface area (Å²) in [4.78, 5) is 0.0263. The molecule has 0 amide bonds. The van der Waals surface area contributed by atoms with E-state index in [4.69, 9.17) is 14.2 Å². The molecule has 0 spiro atoms. The second kappa shape index (κ2) is 6.66. The van der Waals surface area contributed by atoms with E-state index in [9.17, 15) is 0 Å². The summed E-state index contributed by atoms with van der Waals surface area (Å²) in [5.74, 6) is 2.39. The SMILES string of the molecule is COc1cccc(C(Br)c2ccc(OC)cc2OC)c1. The first kappa shape index (κ1) is 14.7. The quantitative estimate of drug-likeness (QED) is 0.766. The molecule has 0 heterocycles. The molecule has 1 atom stereocenters. The van der Waals surface area contributed by atoms with Crippen LogP contribution in [0.1, 0.15) is 16.0 Å². The van der Waals surface area contributed by atoms with E-state index < -0.39 is 0 Å². The van der Waals surface area contributed by atoms with Gasteiger partial charge in [0.15, 0.2) is 0 Å². The van der Waals surface area contributed by atoms with Crippen LogP contribution in [0.15, 0.2) is 42.5 Å². The lowest BCUT2D eigenvalue weighted by Crippen LogP contribution is -1.98. The third-order valence-corrected chi connectivity index (χ3v) is 4.12. The fourth-order valence-corrected chi connectivity index (χ4v) is 2.67. The molecule has 0 aromatic heterocycles. The van der Waals surface area contributed by atoms with E-state index in [-0.39, 0.29) is 4.83 Å². The average Bonchev–Trinajstić information content (AvgIpc) is 2.53. The van der Waals surface area contributed by atoms with E-state index in [0.29, 0.717) is 0 Å². The predicted molar refractivity (Wildman–Crippen MR) is 83.3 cm³/mol. The lowest BCUT2D eigenvalue weighted by Gasteiger charge is -2.16. The maximum Gasteiger partial charge on any atom is 0.127 e. The number of rotatable bonds is 5. The summed E-state index contributed by atoms with van der Waals surface area (Å²) < 4.78 is 15.9. The van der Waals surface area contributed by atoms with E-state index in [1.54, 1.807) is 21.3 Å². The van der Waals surface area contributed by atoms with Gasteiger partial charge in [0.2, 0.25) is 0 Å². The van der Waals surface area contributed by atoms with Crippen molar-refractivity contribution < 1.29 is 14.2 Å². The van der Waals surface area contributed by atoms with Gasteiger partial charge in [-0.05, 0) is 23.8 Å². The minimum Gasteiger partial charge on any atom is -0.497 e. The molecular weight excluding hydrogens is 320 g/mol. The monoisotopic (exact) mass is 336 g/mol. The Labute approximate surface area is 127 Å². The third kappa shape index (κ3) is 3.07. The van der Waals surface area contributed by atoms with Crippen LogP contribution in [0.4, 0.5) is 0 Å². The summed E-state index contributed by atoms with van der Waals surface area (Å²) in [6, 6.07) is 13.7. The number of hydrogen-bond acceptors (Lipinski definition) is 3.